The molecule has 1 aromatic carbocycles. The van der Waals surface area contributed by atoms with Crippen molar-refractivity contribution in [2.24, 2.45) is 0 Å². The number of halogens is 1. The lowest BCUT2D eigenvalue weighted by atomic mass is 10.1. The van der Waals surface area contributed by atoms with Crippen molar-refractivity contribution in [3.8, 4) is 11.6 Å². The summed E-state index contributed by atoms with van der Waals surface area (Å²) < 4.78 is 18.9. The van der Waals surface area contributed by atoms with E-state index in [4.69, 9.17) is 4.52 Å². The van der Waals surface area contributed by atoms with Gasteiger partial charge in [-0.25, -0.2) is 9.37 Å². The van der Waals surface area contributed by atoms with Crippen LogP contribution in [0, 0.1) is 12.7 Å². The number of nitrogens with zero attached hydrogens (tertiary/aromatic N) is 6. The number of rotatable bonds is 5. The van der Waals surface area contributed by atoms with Gasteiger partial charge < -0.3 is 14.3 Å². The van der Waals surface area contributed by atoms with E-state index < -0.39 is 5.82 Å². The van der Waals surface area contributed by atoms with E-state index >= 15 is 0 Å². The van der Waals surface area contributed by atoms with Crippen molar-refractivity contribution in [1.82, 2.24) is 35.1 Å². The highest BCUT2D eigenvalue weighted by molar-refractivity contribution is 5.94. The number of hydrogen-bond donors (Lipinski definition) is 1. The number of nitrogens with one attached hydrogen (secondary N) is 1. The summed E-state index contributed by atoms with van der Waals surface area (Å²) in [5.41, 5.74) is 0.813. The summed E-state index contributed by atoms with van der Waals surface area (Å²) in [6, 6.07) is 4.47. The van der Waals surface area contributed by atoms with E-state index in [0.29, 0.717) is 55.4 Å². The second kappa shape index (κ2) is 8.39. The van der Waals surface area contributed by atoms with Crippen LogP contribution in [-0.4, -0.2) is 73.1 Å². The van der Waals surface area contributed by atoms with Gasteiger partial charge in [0.05, 0.1) is 0 Å². The summed E-state index contributed by atoms with van der Waals surface area (Å²) in [7, 11) is 0. The number of hydrogen-bond acceptors (Lipinski definition) is 7. The molecule has 3 heterocycles. The Morgan fingerprint density at radius 1 is 1.20 bits per heavy atom. The molecule has 0 unspecified atom stereocenters. The monoisotopic (exact) mass is 413 g/mol. The first-order chi connectivity index (χ1) is 14.5. The van der Waals surface area contributed by atoms with Crippen LogP contribution in [0.1, 0.15) is 28.2 Å². The van der Waals surface area contributed by atoms with E-state index in [1.807, 2.05) is 0 Å². The van der Waals surface area contributed by atoms with Crippen molar-refractivity contribution >= 4 is 11.8 Å². The van der Waals surface area contributed by atoms with E-state index in [1.54, 1.807) is 28.9 Å². The average Bonchev–Trinajstić information content (AvgIpc) is 3.45. The van der Waals surface area contributed by atoms with E-state index in [9.17, 15) is 14.0 Å². The van der Waals surface area contributed by atoms with Crippen LogP contribution in [-0.2, 0) is 11.2 Å². The van der Waals surface area contributed by atoms with Gasteiger partial charge in [-0.1, -0.05) is 11.2 Å². The zero-order valence-corrected chi connectivity index (χ0v) is 16.3. The summed E-state index contributed by atoms with van der Waals surface area (Å²) in [6.45, 7) is 3.29. The van der Waals surface area contributed by atoms with Crippen LogP contribution in [0.2, 0.25) is 0 Å². The number of aryl methyl sites for hydroxylation is 2. The van der Waals surface area contributed by atoms with Crippen LogP contribution < -0.4 is 0 Å². The van der Waals surface area contributed by atoms with Gasteiger partial charge in [0, 0.05) is 44.6 Å². The highest BCUT2D eigenvalue weighted by Crippen LogP contribution is 2.15. The van der Waals surface area contributed by atoms with Crippen molar-refractivity contribution in [1.29, 1.82) is 0 Å². The third kappa shape index (κ3) is 4.19. The Labute approximate surface area is 171 Å². The molecule has 30 heavy (non-hydrogen) atoms. The highest BCUT2D eigenvalue weighted by Gasteiger charge is 2.25. The van der Waals surface area contributed by atoms with Gasteiger partial charge in [0.25, 0.3) is 5.91 Å². The lowest BCUT2D eigenvalue weighted by molar-refractivity contribution is -0.132. The maximum Gasteiger partial charge on any atom is 0.254 e. The Hall–Kier alpha value is -3.63. The molecule has 0 spiro atoms. The molecule has 1 aliphatic heterocycles. The van der Waals surface area contributed by atoms with Crippen molar-refractivity contribution < 1.29 is 18.5 Å². The summed E-state index contributed by atoms with van der Waals surface area (Å²) in [5, 5.41) is 10.2. The van der Waals surface area contributed by atoms with Crippen LogP contribution in [0.5, 0.6) is 0 Å². The van der Waals surface area contributed by atoms with E-state index in [0.717, 1.165) is 0 Å². The molecule has 0 aliphatic carbocycles. The Bertz CT molecular complexity index is 1040. The highest BCUT2D eigenvalue weighted by atomic mass is 19.1. The third-order valence-corrected chi connectivity index (χ3v) is 4.99. The Balaban J connectivity index is 1.27. The van der Waals surface area contributed by atoms with Gasteiger partial charge in [-0.3, -0.25) is 14.7 Å². The molecule has 1 aliphatic rings. The van der Waals surface area contributed by atoms with Crippen LogP contribution in [0.15, 0.2) is 29.0 Å². The van der Waals surface area contributed by atoms with Gasteiger partial charge >= 0.3 is 0 Å². The summed E-state index contributed by atoms with van der Waals surface area (Å²) in [6.07, 6.45) is 1.87. The Kier molecular flexibility index (Phi) is 5.50. The van der Waals surface area contributed by atoms with Crippen LogP contribution >= 0.6 is 0 Å². The Morgan fingerprint density at radius 3 is 2.67 bits per heavy atom. The van der Waals surface area contributed by atoms with Gasteiger partial charge in [0.2, 0.25) is 17.6 Å². The second-order valence-electron chi connectivity index (χ2n) is 6.98. The van der Waals surface area contributed by atoms with Gasteiger partial charge in [-0.15, -0.1) is 0 Å². The number of carbonyl (C=O) groups excluding carboxylic acids is 2. The number of aromatic amines is 1. The molecular weight excluding hydrogens is 393 g/mol. The largest absolute Gasteiger partial charge is 0.339 e. The van der Waals surface area contributed by atoms with Gasteiger partial charge in [-0.05, 0) is 24.6 Å². The first kappa shape index (κ1) is 19.7. The normalized spacial score (nSPS) is 14.2. The standard InChI is InChI=1S/C19H20FN7O3/c1-12-2-3-13(10-14(12)20)19(29)27-8-6-26(7-9-27)16(28)5-4-15-23-18(25-30-15)17-21-11-22-24-17/h2-3,10-11H,4-9H2,1H3,(H,21,22,24). The molecule has 2 amide bonds. The minimum Gasteiger partial charge on any atom is -0.339 e. The first-order valence-electron chi connectivity index (χ1n) is 9.53. The quantitative estimate of drug-likeness (QED) is 0.667. The van der Waals surface area contributed by atoms with Crippen LogP contribution in [0.25, 0.3) is 11.6 Å². The molecule has 0 atom stereocenters. The molecule has 10 nitrogen and oxygen atoms in total. The maximum absolute atomic E-state index is 13.7. The molecule has 3 aromatic rings. The second-order valence-corrected chi connectivity index (χ2v) is 6.98. The molecule has 156 valence electrons. The zero-order valence-electron chi connectivity index (χ0n) is 16.3. The summed E-state index contributed by atoms with van der Waals surface area (Å²) in [5.74, 6) is 0.335. The van der Waals surface area contributed by atoms with Crippen molar-refractivity contribution in [3.05, 3.63) is 47.4 Å². The lowest BCUT2D eigenvalue weighted by Gasteiger charge is -2.34. The average molecular weight is 413 g/mol. The zero-order chi connectivity index (χ0) is 21.1. The third-order valence-electron chi connectivity index (χ3n) is 4.99. The molecule has 1 saturated heterocycles. The molecule has 11 heteroatoms. The fourth-order valence-electron chi connectivity index (χ4n) is 3.21. The molecule has 4 rings (SSSR count). The van der Waals surface area contributed by atoms with Gasteiger partial charge in [-0.2, -0.15) is 10.1 Å². The summed E-state index contributed by atoms with van der Waals surface area (Å²) >= 11 is 0. The van der Waals surface area contributed by atoms with E-state index in [2.05, 4.69) is 25.3 Å². The predicted molar refractivity (Wildman–Crippen MR) is 102 cm³/mol. The van der Waals surface area contributed by atoms with E-state index in [1.165, 1.54) is 12.4 Å². The number of amides is 2. The van der Waals surface area contributed by atoms with Crippen LogP contribution in [0.4, 0.5) is 4.39 Å². The first-order valence-corrected chi connectivity index (χ1v) is 9.53. The maximum atomic E-state index is 13.7. The van der Waals surface area contributed by atoms with Crippen molar-refractivity contribution in [2.75, 3.05) is 26.2 Å². The molecule has 0 radical (unpaired) electrons. The number of carbonyl (C=O) groups is 2. The molecule has 1 fully saturated rings. The van der Waals surface area contributed by atoms with Crippen molar-refractivity contribution in [3.63, 3.8) is 0 Å². The van der Waals surface area contributed by atoms with Crippen molar-refractivity contribution in [2.45, 2.75) is 19.8 Å². The fourth-order valence-corrected chi connectivity index (χ4v) is 3.21. The molecular formula is C19H20FN7O3. The summed E-state index contributed by atoms with van der Waals surface area (Å²) in [4.78, 5) is 36.5. The number of aromatic nitrogens is 5. The Morgan fingerprint density at radius 2 is 1.97 bits per heavy atom. The van der Waals surface area contributed by atoms with Gasteiger partial charge in [0.15, 0.2) is 5.82 Å². The smallest absolute Gasteiger partial charge is 0.254 e. The topological polar surface area (TPSA) is 121 Å². The molecule has 1 N–H and O–H groups in total. The lowest BCUT2D eigenvalue weighted by Crippen LogP contribution is -2.50. The fraction of sp³-hybridized carbons (Fsp3) is 0.368. The molecule has 0 saturated carbocycles. The van der Waals surface area contributed by atoms with E-state index in [-0.39, 0.29) is 24.1 Å². The van der Waals surface area contributed by atoms with Crippen LogP contribution in [0.3, 0.4) is 0 Å². The predicted octanol–water partition coefficient (Wildman–Crippen LogP) is 1.22. The SMILES string of the molecule is Cc1ccc(C(=O)N2CCN(C(=O)CCc3nc(-c4ncn[nH]4)no3)CC2)cc1F. The minimum absolute atomic E-state index is 0.0529. The molecule has 0 bridgehead atoms. The minimum atomic E-state index is -0.401. The number of H-pyrrole nitrogens is 1. The number of piperazine rings is 1. The number of benzene rings is 1. The van der Waals surface area contributed by atoms with Gasteiger partial charge in [0.1, 0.15) is 12.1 Å². The molecule has 2 aromatic heterocycles.